The molecule has 1 unspecified atom stereocenters. The Bertz CT molecular complexity index is 403. The first-order chi connectivity index (χ1) is 7.12. The minimum absolute atomic E-state index is 0.110. The monoisotopic (exact) mass is 211 g/mol. The fourth-order valence-electron chi connectivity index (χ4n) is 2.65. The molecular formula is C11H11F2NO. The molecule has 0 bridgehead atoms. The van der Waals surface area contributed by atoms with Crippen LogP contribution in [0.15, 0.2) is 18.2 Å². The molecule has 3 rings (SSSR count). The van der Waals surface area contributed by atoms with E-state index in [1.807, 2.05) is 0 Å². The zero-order chi connectivity index (χ0) is 10.6. The summed E-state index contributed by atoms with van der Waals surface area (Å²) in [6, 6.07) is 3.60. The molecule has 2 nitrogen and oxygen atoms in total. The Hall–Kier alpha value is -1.00. The number of hydrogen-bond donors (Lipinski definition) is 2. The van der Waals surface area contributed by atoms with E-state index in [1.165, 1.54) is 12.1 Å². The number of benzene rings is 1. The predicted molar refractivity (Wildman–Crippen MR) is 50.2 cm³/mol. The average molecular weight is 211 g/mol. The smallest absolute Gasteiger partial charge is 0.126 e. The van der Waals surface area contributed by atoms with E-state index in [2.05, 4.69) is 5.32 Å². The van der Waals surface area contributed by atoms with Gasteiger partial charge in [0.25, 0.3) is 0 Å². The normalized spacial score (nSPS) is 37.8. The van der Waals surface area contributed by atoms with E-state index < -0.39 is 17.9 Å². The van der Waals surface area contributed by atoms with Gasteiger partial charge in [0, 0.05) is 23.9 Å². The summed E-state index contributed by atoms with van der Waals surface area (Å²) in [5, 5.41) is 12.4. The molecule has 0 spiro atoms. The highest BCUT2D eigenvalue weighted by atomic mass is 19.1. The first kappa shape index (κ1) is 9.24. The summed E-state index contributed by atoms with van der Waals surface area (Å²) < 4.78 is 26.1. The zero-order valence-corrected chi connectivity index (χ0v) is 8.00. The standard InChI is InChI=1S/C11H11F2NO/c12-7-1-6(2-8(13)3-7)11-4-9(11)10(15)14-5-11/h1-3,9-10,14-15H,4-5H2/t9-,10?,11+/m0/s1. The Kier molecular flexibility index (Phi) is 1.71. The molecule has 1 saturated heterocycles. The summed E-state index contributed by atoms with van der Waals surface area (Å²) in [4.78, 5) is 0. The van der Waals surface area contributed by atoms with Crippen molar-refractivity contribution in [2.75, 3.05) is 6.54 Å². The van der Waals surface area contributed by atoms with Gasteiger partial charge in [-0.05, 0) is 24.1 Å². The number of halogens is 2. The largest absolute Gasteiger partial charge is 0.378 e. The maximum Gasteiger partial charge on any atom is 0.126 e. The van der Waals surface area contributed by atoms with E-state index in [9.17, 15) is 13.9 Å². The van der Waals surface area contributed by atoms with Crippen molar-refractivity contribution in [3.63, 3.8) is 0 Å². The van der Waals surface area contributed by atoms with E-state index in [-0.39, 0.29) is 11.3 Å². The third-order valence-corrected chi connectivity index (χ3v) is 3.58. The van der Waals surface area contributed by atoms with Crippen LogP contribution in [0.3, 0.4) is 0 Å². The second-order valence-corrected chi connectivity index (χ2v) is 4.45. The van der Waals surface area contributed by atoms with Crippen LogP contribution in [0.2, 0.25) is 0 Å². The third kappa shape index (κ3) is 1.21. The Labute approximate surface area is 85.9 Å². The Morgan fingerprint density at radius 1 is 1.27 bits per heavy atom. The van der Waals surface area contributed by atoms with E-state index in [0.717, 1.165) is 12.5 Å². The van der Waals surface area contributed by atoms with Crippen molar-refractivity contribution in [1.29, 1.82) is 0 Å². The Morgan fingerprint density at radius 3 is 2.40 bits per heavy atom. The first-order valence-electron chi connectivity index (χ1n) is 5.00. The molecular weight excluding hydrogens is 200 g/mol. The molecule has 4 heteroatoms. The van der Waals surface area contributed by atoms with Crippen LogP contribution in [0, 0.1) is 17.6 Å². The number of nitrogens with one attached hydrogen (secondary N) is 1. The summed E-state index contributed by atoms with van der Waals surface area (Å²) >= 11 is 0. The molecule has 80 valence electrons. The van der Waals surface area contributed by atoms with Crippen LogP contribution in [0.4, 0.5) is 8.78 Å². The fourth-order valence-corrected chi connectivity index (χ4v) is 2.65. The lowest BCUT2D eigenvalue weighted by molar-refractivity contribution is 0.136. The summed E-state index contributed by atoms with van der Waals surface area (Å²) in [5.74, 6) is -0.989. The van der Waals surface area contributed by atoms with Gasteiger partial charge in [-0.3, -0.25) is 5.32 Å². The van der Waals surface area contributed by atoms with E-state index >= 15 is 0 Å². The Balaban J connectivity index is 2.01. The number of fused-ring (bicyclic) bond motifs is 1. The highest BCUT2D eigenvalue weighted by Gasteiger charge is 2.62. The number of hydrogen-bond acceptors (Lipinski definition) is 2. The molecule has 0 aromatic heterocycles. The molecule has 1 aliphatic heterocycles. The maximum absolute atomic E-state index is 13.0. The molecule has 3 atom stereocenters. The van der Waals surface area contributed by atoms with Crippen molar-refractivity contribution >= 4 is 0 Å². The molecule has 2 N–H and O–H groups in total. The van der Waals surface area contributed by atoms with Gasteiger partial charge in [-0.25, -0.2) is 8.78 Å². The number of aliphatic hydroxyl groups is 1. The third-order valence-electron chi connectivity index (χ3n) is 3.58. The molecule has 15 heavy (non-hydrogen) atoms. The van der Waals surface area contributed by atoms with Gasteiger partial charge in [-0.15, -0.1) is 0 Å². The van der Waals surface area contributed by atoms with Crippen LogP contribution in [0.1, 0.15) is 12.0 Å². The molecule has 1 aromatic carbocycles. The lowest BCUT2D eigenvalue weighted by Crippen LogP contribution is -2.26. The van der Waals surface area contributed by atoms with Crippen LogP contribution in [-0.4, -0.2) is 17.9 Å². The Morgan fingerprint density at radius 2 is 1.93 bits per heavy atom. The average Bonchev–Trinajstić information content (AvgIpc) is 2.82. The topological polar surface area (TPSA) is 32.3 Å². The van der Waals surface area contributed by atoms with Gasteiger partial charge in [0.2, 0.25) is 0 Å². The quantitative estimate of drug-likeness (QED) is 0.730. The second-order valence-electron chi connectivity index (χ2n) is 4.45. The van der Waals surface area contributed by atoms with Crippen molar-refractivity contribution in [3.05, 3.63) is 35.4 Å². The summed E-state index contributed by atoms with van der Waals surface area (Å²) in [6.45, 7) is 0.599. The summed E-state index contributed by atoms with van der Waals surface area (Å²) in [7, 11) is 0. The van der Waals surface area contributed by atoms with Gasteiger partial charge in [-0.1, -0.05) is 0 Å². The zero-order valence-electron chi connectivity index (χ0n) is 8.00. The van der Waals surface area contributed by atoms with E-state index in [0.29, 0.717) is 12.1 Å². The SMILES string of the molecule is OC1NC[C@@]2(c3cc(F)cc(F)c3)C[C@@H]12. The van der Waals surface area contributed by atoms with Gasteiger partial charge < -0.3 is 5.11 Å². The summed E-state index contributed by atoms with van der Waals surface area (Å²) in [6.07, 6.45) is 0.278. The van der Waals surface area contributed by atoms with E-state index in [4.69, 9.17) is 0 Å². The maximum atomic E-state index is 13.0. The van der Waals surface area contributed by atoms with Gasteiger partial charge in [0.05, 0.1) is 0 Å². The molecule has 1 aliphatic carbocycles. The molecule has 2 aliphatic rings. The van der Waals surface area contributed by atoms with Crippen LogP contribution >= 0.6 is 0 Å². The first-order valence-corrected chi connectivity index (χ1v) is 5.00. The number of aliphatic hydroxyl groups excluding tert-OH is 1. The molecule has 1 aromatic rings. The van der Waals surface area contributed by atoms with Crippen molar-refractivity contribution in [1.82, 2.24) is 5.32 Å². The lowest BCUT2D eigenvalue weighted by atomic mass is 9.95. The van der Waals surface area contributed by atoms with Crippen molar-refractivity contribution < 1.29 is 13.9 Å². The van der Waals surface area contributed by atoms with Crippen molar-refractivity contribution in [2.24, 2.45) is 5.92 Å². The summed E-state index contributed by atoms with van der Waals surface area (Å²) in [5.41, 5.74) is 0.427. The minimum atomic E-state index is -0.550. The van der Waals surface area contributed by atoms with Crippen LogP contribution in [0.5, 0.6) is 0 Å². The second kappa shape index (κ2) is 2.77. The van der Waals surface area contributed by atoms with Gasteiger partial charge in [0.15, 0.2) is 0 Å². The van der Waals surface area contributed by atoms with Gasteiger partial charge >= 0.3 is 0 Å². The molecule has 2 fully saturated rings. The fraction of sp³-hybridized carbons (Fsp3) is 0.455. The van der Waals surface area contributed by atoms with Crippen LogP contribution < -0.4 is 5.32 Å². The molecule has 0 amide bonds. The molecule has 0 radical (unpaired) electrons. The van der Waals surface area contributed by atoms with Gasteiger partial charge in [0.1, 0.15) is 17.9 Å². The lowest BCUT2D eigenvalue weighted by Gasteiger charge is -2.11. The highest BCUT2D eigenvalue weighted by molar-refractivity contribution is 5.38. The highest BCUT2D eigenvalue weighted by Crippen LogP contribution is 2.58. The van der Waals surface area contributed by atoms with Crippen molar-refractivity contribution in [2.45, 2.75) is 18.1 Å². The minimum Gasteiger partial charge on any atom is -0.378 e. The van der Waals surface area contributed by atoms with Gasteiger partial charge in [-0.2, -0.15) is 0 Å². The number of piperidine rings is 1. The number of rotatable bonds is 1. The van der Waals surface area contributed by atoms with Crippen LogP contribution in [0.25, 0.3) is 0 Å². The van der Waals surface area contributed by atoms with Crippen molar-refractivity contribution in [3.8, 4) is 0 Å². The molecule has 1 saturated carbocycles. The predicted octanol–water partition coefficient (Wildman–Crippen LogP) is 1.14. The molecule has 1 heterocycles. The van der Waals surface area contributed by atoms with E-state index in [1.54, 1.807) is 0 Å². The van der Waals surface area contributed by atoms with Crippen LogP contribution in [-0.2, 0) is 5.41 Å².